The van der Waals surface area contributed by atoms with Gasteiger partial charge in [-0.05, 0) is 41.6 Å². The number of amides is 3. The lowest BCUT2D eigenvalue weighted by Crippen LogP contribution is -2.37. The van der Waals surface area contributed by atoms with Gasteiger partial charge in [-0.25, -0.2) is 0 Å². The highest BCUT2D eigenvalue weighted by Crippen LogP contribution is 2.34. The molecule has 1 N–H and O–H groups in total. The van der Waals surface area contributed by atoms with Crippen LogP contribution in [0.2, 0.25) is 10.0 Å². The van der Waals surface area contributed by atoms with Gasteiger partial charge in [-0.15, -0.1) is 0 Å². The molecule has 0 radical (unpaired) electrons. The van der Waals surface area contributed by atoms with Gasteiger partial charge in [-0.1, -0.05) is 35.3 Å². The maximum absolute atomic E-state index is 12.5. The van der Waals surface area contributed by atoms with Crippen LogP contribution in [0, 0.1) is 10.1 Å². The highest BCUT2D eigenvalue weighted by Gasteiger charge is 2.34. The van der Waals surface area contributed by atoms with Crippen molar-refractivity contribution in [2.24, 2.45) is 0 Å². The molecule has 1 fully saturated rings. The number of carbonyl (C=O) groups excluding carboxylic acids is 3. The number of non-ortho nitro benzene ring substituents is 1. The van der Waals surface area contributed by atoms with Gasteiger partial charge in [0.2, 0.25) is 0 Å². The van der Waals surface area contributed by atoms with Gasteiger partial charge in [0, 0.05) is 30.8 Å². The average Bonchev–Trinajstić information content (AvgIpc) is 2.98. The summed E-state index contributed by atoms with van der Waals surface area (Å²) in [7, 11) is 0. The number of hydrogen-bond acceptors (Lipinski definition) is 6. The fourth-order valence-corrected chi connectivity index (χ4v) is 3.80. The minimum absolute atomic E-state index is 0.0238. The van der Waals surface area contributed by atoms with E-state index in [0.29, 0.717) is 10.6 Å². The maximum Gasteiger partial charge on any atom is 0.293 e. The third-order valence-corrected chi connectivity index (χ3v) is 5.84. The van der Waals surface area contributed by atoms with Crippen molar-refractivity contribution in [1.29, 1.82) is 0 Å². The minimum Gasteiger partial charge on any atom is -0.350 e. The summed E-state index contributed by atoms with van der Waals surface area (Å²) in [6.07, 6.45) is 1.49. The molecular formula is C19H13Cl2N3O5S. The molecule has 8 nitrogen and oxygen atoms in total. The van der Waals surface area contributed by atoms with E-state index < -0.39 is 22.0 Å². The zero-order valence-corrected chi connectivity index (χ0v) is 17.5. The van der Waals surface area contributed by atoms with Crippen LogP contribution in [0.3, 0.4) is 0 Å². The number of thioether (sulfide) groups is 1. The van der Waals surface area contributed by atoms with Gasteiger partial charge in [0.25, 0.3) is 22.7 Å². The summed E-state index contributed by atoms with van der Waals surface area (Å²) in [5.41, 5.74) is 0.613. The molecule has 0 spiro atoms. The molecule has 0 aromatic heterocycles. The molecular weight excluding hydrogens is 453 g/mol. The SMILES string of the molecule is O=C(NCCN1C(=O)S/C(=C\c2cccc(Cl)c2Cl)C1=O)c1ccc([N+](=O)[O-])cc1. The van der Waals surface area contributed by atoms with E-state index >= 15 is 0 Å². The lowest BCUT2D eigenvalue weighted by atomic mass is 10.2. The number of nitrogens with one attached hydrogen (secondary N) is 1. The molecule has 2 aromatic carbocycles. The Morgan fingerprint density at radius 3 is 2.53 bits per heavy atom. The van der Waals surface area contributed by atoms with Crippen LogP contribution in [-0.2, 0) is 4.79 Å². The summed E-state index contributed by atoms with van der Waals surface area (Å²) >= 11 is 12.8. The smallest absolute Gasteiger partial charge is 0.293 e. The van der Waals surface area contributed by atoms with Gasteiger partial charge in [0.15, 0.2) is 0 Å². The van der Waals surface area contributed by atoms with Crippen molar-refractivity contribution in [3.05, 3.63) is 78.7 Å². The van der Waals surface area contributed by atoms with Crippen LogP contribution in [0.25, 0.3) is 6.08 Å². The summed E-state index contributed by atoms with van der Waals surface area (Å²) in [6.45, 7) is 0.00304. The molecule has 3 amide bonds. The molecule has 1 aliphatic heterocycles. The highest BCUT2D eigenvalue weighted by atomic mass is 35.5. The van der Waals surface area contributed by atoms with Crippen molar-refractivity contribution in [3.63, 3.8) is 0 Å². The van der Waals surface area contributed by atoms with E-state index in [4.69, 9.17) is 23.2 Å². The number of nitrogens with zero attached hydrogens (tertiary/aromatic N) is 2. The molecule has 1 saturated heterocycles. The van der Waals surface area contributed by atoms with Crippen molar-refractivity contribution >= 4 is 63.8 Å². The van der Waals surface area contributed by atoms with E-state index in [1.807, 2.05) is 0 Å². The predicted octanol–water partition coefficient (Wildman–Crippen LogP) is 4.37. The Kier molecular flexibility index (Phi) is 6.76. The fourth-order valence-electron chi connectivity index (χ4n) is 2.58. The molecule has 0 bridgehead atoms. The van der Waals surface area contributed by atoms with E-state index in [1.165, 1.54) is 30.3 Å². The molecule has 3 rings (SSSR count). The van der Waals surface area contributed by atoms with E-state index in [1.54, 1.807) is 18.2 Å². The third kappa shape index (κ3) is 4.81. The van der Waals surface area contributed by atoms with Crippen molar-refractivity contribution in [2.45, 2.75) is 0 Å². The van der Waals surface area contributed by atoms with Gasteiger partial charge >= 0.3 is 0 Å². The molecule has 1 aliphatic rings. The Labute approximate surface area is 185 Å². The third-order valence-electron chi connectivity index (χ3n) is 4.10. The lowest BCUT2D eigenvalue weighted by Gasteiger charge is -2.13. The van der Waals surface area contributed by atoms with Crippen LogP contribution in [0.1, 0.15) is 15.9 Å². The lowest BCUT2D eigenvalue weighted by molar-refractivity contribution is -0.384. The van der Waals surface area contributed by atoms with Crippen LogP contribution in [0.4, 0.5) is 10.5 Å². The Hall–Kier alpha value is -2.88. The van der Waals surface area contributed by atoms with Crippen molar-refractivity contribution in [2.75, 3.05) is 13.1 Å². The zero-order valence-electron chi connectivity index (χ0n) is 15.1. The van der Waals surface area contributed by atoms with Crippen LogP contribution in [0.15, 0.2) is 47.4 Å². The average molecular weight is 466 g/mol. The second-order valence-corrected chi connectivity index (χ2v) is 7.81. The Balaban J connectivity index is 1.60. The largest absolute Gasteiger partial charge is 0.350 e. The van der Waals surface area contributed by atoms with Crippen LogP contribution < -0.4 is 5.32 Å². The van der Waals surface area contributed by atoms with Crippen LogP contribution in [0.5, 0.6) is 0 Å². The first kappa shape index (κ1) is 21.8. The molecule has 0 unspecified atom stereocenters. The second kappa shape index (κ2) is 9.29. The first-order chi connectivity index (χ1) is 14.3. The molecule has 1 heterocycles. The molecule has 11 heteroatoms. The number of rotatable bonds is 6. The summed E-state index contributed by atoms with van der Waals surface area (Å²) in [4.78, 5) is 48.1. The van der Waals surface area contributed by atoms with Crippen LogP contribution >= 0.6 is 35.0 Å². The Morgan fingerprint density at radius 2 is 1.87 bits per heavy atom. The molecule has 0 saturated carbocycles. The topological polar surface area (TPSA) is 110 Å². The van der Waals surface area contributed by atoms with Crippen molar-refractivity contribution in [1.82, 2.24) is 10.2 Å². The first-order valence-corrected chi connectivity index (χ1v) is 10.1. The molecule has 0 aliphatic carbocycles. The van der Waals surface area contributed by atoms with Gasteiger partial charge in [0.1, 0.15) is 0 Å². The number of nitro groups is 1. The Bertz CT molecular complexity index is 1070. The number of hydrogen-bond donors (Lipinski definition) is 1. The number of carbonyl (C=O) groups is 3. The molecule has 154 valence electrons. The Morgan fingerprint density at radius 1 is 1.17 bits per heavy atom. The summed E-state index contributed by atoms with van der Waals surface area (Å²) < 4.78 is 0. The number of benzene rings is 2. The number of halogens is 2. The van der Waals surface area contributed by atoms with Gasteiger partial charge in [0.05, 0.1) is 19.9 Å². The predicted molar refractivity (Wildman–Crippen MR) is 115 cm³/mol. The second-order valence-electron chi connectivity index (χ2n) is 6.04. The van der Waals surface area contributed by atoms with Crippen molar-refractivity contribution < 1.29 is 19.3 Å². The summed E-state index contributed by atoms with van der Waals surface area (Å²) in [5, 5.41) is 13.4. The van der Waals surface area contributed by atoms with Crippen molar-refractivity contribution in [3.8, 4) is 0 Å². The fraction of sp³-hybridized carbons (Fsp3) is 0.105. The molecule has 2 aromatic rings. The van der Waals surface area contributed by atoms with Gasteiger partial charge in [-0.3, -0.25) is 29.4 Å². The van der Waals surface area contributed by atoms with Gasteiger partial charge < -0.3 is 5.32 Å². The van der Waals surface area contributed by atoms with Crippen LogP contribution in [-0.4, -0.2) is 40.0 Å². The van der Waals surface area contributed by atoms with E-state index in [-0.39, 0.29) is 34.3 Å². The maximum atomic E-state index is 12.5. The summed E-state index contributed by atoms with van der Waals surface area (Å²) in [6, 6.07) is 10.1. The minimum atomic E-state index is -0.564. The monoisotopic (exact) mass is 465 g/mol. The van der Waals surface area contributed by atoms with Gasteiger partial charge in [-0.2, -0.15) is 0 Å². The first-order valence-electron chi connectivity index (χ1n) is 8.50. The molecule has 30 heavy (non-hydrogen) atoms. The highest BCUT2D eigenvalue weighted by molar-refractivity contribution is 8.18. The van der Waals surface area contributed by atoms with E-state index in [9.17, 15) is 24.5 Å². The number of imide groups is 1. The normalized spacial score (nSPS) is 15.0. The quantitative estimate of drug-likeness (QED) is 0.385. The zero-order chi connectivity index (χ0) is 21.8. The number of nitro benzene ring substituents is 1. The summed E-state index contributed by atoms with van der Waals surface area (Å²) in [5.74, 6) is -0.969. The van der Waals surface area contributed by atoms with E-state index in [2.05, 4.69) is 5.32 Å². The molecule has 0 atom stereocenters. The standard InChI is InChI=1S/C19H13Cl2N3O5S/c20-14-3-1-2-12(16(14)21)10-15-18(26)23(19(27)30-15)9-8-22-17(25)11-4-6-13(7-5-11)24(28)29/h1-7,10H,8-9H2,(H,22,25)/b15-10-. The van der Waals surface area contributed by atoms with E-state index in [0.717, 1.165) is 16.7 Å².